The number of methoxy groups -OCH3 is 1. The summed E-state index contributed by atoms with van der Waals surface area (Å²) >= 11 is 1.44. The minimum atomic E-state index is -0.103. The topological polar surface area (TPSA) is 35.5 Å². The first-order valence-electron chi connectivity index (χ1n) is 6.18. The SMILES string of the molecule is COc1csc(C(=O)C2CCOc3ccccc32)c1. The van der Waals surface area contributed by atoms with Gasteiger partial charge in [-0.25, -0.2) is 0 Å². The maximum absolute atomic E-state index is 12.6. The van der Waals surface area contributed by atoms with Gasteiger partial charge in [0, 0.05) is 17.0 Å². The van der Waals surface area contributed by atoms with Crippen LogP contribution >= 0.6 is 11.3 Å². The molecule has 1 aliphatic rings. The van der Waals surface area contributed by atoms with Gasteiger partial charge in [0.2, 0.25) is 0 Å². The molecular weight excluding hydrogens is 260 g/mol. The number of hydrogen-bond donors (Lipinski definition) is 0. The smallest absolute Gasteiger partial charge is 0.180 e. The third-order valence-corrected chi connectivity index (χ3v) is 4.25. The lowest BCUT2D eigenvalue weighted by atomic mass is 9.89. The van der Waals surface area contributed by atoms with E-state index in [9.17, 15) is 4.79 Å². The highest BCUT2D eigenvalue weighted by atomic mass is 32.1. The zero-order chi connectivity index (χ0) is 13.2. The van der Waals surface area contributed by atoms with E-state index < -0.39 is 0 Å². The molecule has 4 heteroatoms. The van der Waals surface area contributed by atoms with Crippen LogP contribution in [0.1, 0.15) is 27.6 Å². The maximum Gasteiger partial charge on any atom is 0.180 e. The molecule has 1 aromatic carbocycles. The molecule has 2 heterocycles. The summed E-state index contributed by atoms with van der Waals surface area (Å²) < 4.78 is 10.7. The van der Waals surface area contributed by atoms with Crippen LogP contribution in [-0.4, -0.2) is 19.5 Å². The van der Waals surface area contributed by atoms with E-state index in [4.69, 9.17) is 9.47 Å². The van der Waals surface area contributed by atoms with Gasteiger partial charge in [0.1, 0.15) is 11.5 Å². The van der Waals surface area contributed by atoms with Gasteiger partial charge in [-0.1, -0.05) is 18.2 Å². The third kappa shape index (κ3) is 2.24. The Kier molecular flexibility index (Phi) is 3.25. The predicted molar refractivity (Wildman–Crippen MR) is 74.5 cm³/mol. The molecule has 1 unspecified atom stereocenters. The molecule has 0 amide bonds. The minimum absolute atomic E-state index is 0.103. The van der Waals surface area contributed by atoms with Gasteiger partial charge in [-0.3, -0.25) is 4.79 Å². The summed E-state index contributed by atoms with van der Waals surface area (Å²) in [4.78, 5) is 13.3. The first-order valence-corrected chi connectivity index (χ1v) is 7.06. The van der Waals surface area contributed by atoms with E-state index >= 15 is 0 Å². The molecule has 0 spiro atoms. The van der Waals surface area contributed by atoms with Crippen molar-refractivity contribution in [2.24, 2.45) is 0 Å². The molecule has 0 bridgehead atoms. The monoisotopic (exact) mass is 274 g/mol. The Morgan fingerprint density at radius 2 is 2.26 bits per heavy atom. The van der Waals surface area contributed by atoms with Gasteiger partial charge in [-0.15, -0.1) is 11.3 Å². The van der Waals surface area contributed by atoms with Crippen LogP contribution in [-0.2, 0) is 0 Å². The molecule has 0 N–H and O–H groups in total. The molecule has 1 aliphatic heterocycles. The summed E-state index contributed by atoms with van der Waals surface area (Å²) in [6, 6.07) is 9.58. The molecule has 3 nitrogen and oxygen atoms in total. The summed E-state index contributed by atoms with van der Waals surface area (Å²) in [6.45, 7) is 0.593. The highest BCUT2D eigenvalue weighted by Crippen LogP contribution is 2.37. The molecule has 0 aliphatic carbocycles. The highest BCUT2D eigenvalue weighted by molar-refractivity contribution is 7.12. The van der Waals surface area contributed by atoms with Gasteiger partial charge in [0.15, 0.2) is 5.78 Å². The number of ketones is 1. The van der Waals surface area contributed by atoms with Crippen molar-refractivity contribution in [3.8, 4) is 11.5 Å². The first-order chi connectivity index (χ1) is 9.29. The molecule has 0 fully saturated rings. The second-order valence-corrected chi connectivity index (χ2v) is 5.35. The summed E-state index contributed by atoms with van der Waals surface area (Å²) in [5.41, 5.74) is 0.992. The van der Waals surface area contributed by atoms with Gasteiger partial charge in [0.05, 0.1) is 24.5 Å². The van der Waals surface area contributed by atoms with E-state index in [2.05, 4.69) is 0 Å². The third-order valence-electron chi connectivity index (χ3n) is 3.33. The molecule has 0 saturated heterocycles. The van der Waals surface area contributed by atoms with E-state index in [1.165, 1.54) is 11.3 Å². The number of benzene rings is 1. The fraction of sp³-hybridized carbons (Fsp3) is 0.267. The summed E-state index contributed by atoms with van der Waals surface area (Å²) in [6.07, 6.45) is 0.732. The number of ether oxygens (including phenoxy) is 2. The lowest BCUT2D eigenvalue weighted by molar-refractivity contribution is 0.0937. The van der Waals surface area contributed by atoms with E-state index in [0.29, 0.717) is 6.61 Å². The Hall–Kier alpha value is -1.81. The Morgan fingerprint density at radius 3 is 3.05 bits per heavy atom. The molecule has 3 rings (SSSR count). The van der Waals surface area contributed by atoms with Crippen molar-refractivity contribution in [1.29, 1.82) is 0 Å². The number of carbonyl (C=O) groups excluding carboxylic acids is 1. The molecule has 19 heavy (non-hydrogen) atoms. The van der Waals surface area contributed by atoms with Gasteiger partial charge in [-0.05, 0) is 12.5 Å². The number of carbonyl (C=O) groups is 1. The van der Waals surface area contributed by atoms with Gasteiger partial charge >= 0.3 is 0 Å². The average molecular weight is 274 g/mol. The van der Waals surface area contributed by atoms with Crippen molar-refractivity contribution >= 4 is 17.1 Å². The quantitative estimate of drug-likeness (QED) is 0.803. The highest BCUT2D eigenvalue weighted by Gasteiger charge is 2.29. The molecule has 2 aromatic rings. The van der Waals surface area contributed by atoms with Crippen molar-refractivity contribution in [2.45, 2.75) is 12.3 Å². The summed E-state index contributed by atoms with van der Waals surface area (Å²) in [5.74, 6) is 1.63. The van der Waals surface area contributed by atoms with Gasteiger partial charge in [0.25, 0.3) is 0 Å². The standard InChI is InChI=1S/C15H14O3S/c1-17-10-8-14(19-9-10)15(16)12-6-7-18-13-5-3-2-4-11(12)13/h2-5,8-9,12H,6-7H2,1H3. The van der Waals surface area contributed by atoms with E-state index in [1.807, 2.05) is 35.7 Å². The van der Waals surface area contributed by atoms with Gasteiger partial charge < -0.3 is 9.47 Å². The van der Waals surface area contributed by atoms with Crippen LogP contribution in [0.15, 0.2) is 35.7 Å². The number of rotatable bonds is 3. The van der Waals surface area contributed by atoms with Crippen LogP contribution in [0, 0.1) is 0 Å². The zero-order valence-corrected chi connectivity index (χ0v) is 11.4. The average Bonchev–Trinajstić information content (AvgIpc) is 2.95. The van der Waals surface area contributed by atoms with Crippen LogP contribution in [0.25, 0.3) is 0 Å². The molecular formula is C15H14O3S. The zero-order valence-electron chi connectivity index (χ0n) is 10.6. The Balaban J connectivity index is 1.93. The molecule has 0 saturated carbocycles. The first kappa shape index (κ1) is 12.2. The van der Waals surface area contributed by atoms with Crippen molar-refractivity contribution < 1.29 is 14.3 Å². The normalized spacial score (nSPS) is 17.4. The molecule has 1 atom stereocenters. The fourth-order valence-corrected chi connectivity index (χ4v) is 3.19. The molecule has 98 valence electrons. The van der Waals surface area contributed by atoms with Crippen LogP contribution < -0.4 is 9.47 Å². The fourth-order valence-electron chi connectivity index (χ4n) is 2.34. The van der Waals surface area contributed by atoms with E-state index in [0.717, 1.165) is 28.4 Å². The van der Waals surface area contributed by atoms with Crippen molar-refractivity contribution in [1.82, 2.24) is 0 Å². The van der Waals surface area contributed by atoms with Gasteiger partial charge in [-0.2, -0.15) is 0 Å². The summed E-state index contributed by atoms with van der Waals surface area (Å²) in [5, 5.41) is 1.86. The summed E-state index contributed by atoms with van der Waals surface area (Å²) in [7, 11) is 1.61. The van der Waals surface area contributed by atoms with Crippen molar-refractivity contribution in [3.05, 3.63) is 46.2 Å². The molecule has 0 radical (unpaired) electrons. The minimum Gasteiger partial charge on any atom is -0.496 e. The second-order valence-electron chi connectivity index (χ2n) is 4.44. The number of para-hydroxylation sites is 1. The second kappa shape index (κ2) is 5.05. The Labute approximate surface area is 115 Å². The van der Waals surface area contributed by atoms with Crippen LogP contribution in [0.2, 0.25) is 0 Å². The van der Waals surface area contributed by atoms with Crippen molar-refractivity contribution in [2.75, 3.05) is 13.7 Å². The number of Topliss-reactive ketones (excluding diaryl/α,β-unsaturated/α-hetero) is 1. The lowest BCUT2D eigenvalue weighted by Crippen LogP contribution is -2.20. The maximum atomic E-state index is 12.6. The van der Waals surface area contributed by atoms with Crippen LogP contribution in [0.3, 0.4) is 0 Å². The number of thiophene rings is 1. The van der Waals surface area contributed by atoms with Crippen LogP contribution in [0.4, 0.5) is 0 Å². The van der Waals surface area contributed by atoms with E-state index in [1.54, 1.807) is 7.11 Å². The van der Waals surface area contributed by atoms with Crippen molar-refractivity contribution in [3.63, 3.8) is 0 Å². The van der Waals surface area contributed by atoms with Crippen LogP contribution in [0.5, 0.6) is 11.5 Å². The lowest BCUT2D eigenvalue weighted by Gasteiger charge is -2.24. The predicted octanol–water partition coefficient (Wildman–Crippen LogP) is 3.51. The molecule has 1 aromatic heterocycles. The Bertz CT molecular complexity index is 603. The Morgan fingerprint density at radius 1 is 1.42 bits per heavy atom. The largest absolute Gasteiger partial charge is 0.496 e. The van der Waals surface area contributed by atoms with E-state index in [-0.39, 0.29) is 11.7 Å². The number of fused-ring (bicyclic) bond motifs is 1. The number of hydrogen-bond acceptors (Lipinski definition) is 4.